The molecule has 0 fully saturated rings. The van der Waals surface area contributed by atoms with Crippen molar-refractivity contribution in [1.29, 1.82) is 0 Å². The van der Waals surface area contributed by atoms with Crippen LogP contribution >= 0.6 is 0 Å². The first-order chi connectivity index (χ1) is 10.1. The number of hydrogen-bond acceptors (Lipinski definition) is 5. The van der Waals surface area contributed by atoms with E-state index in [1.807, 2.05) is 0 Å². The van der Waals surface area contributed by atoms with E-state index in [1.54, 1.807) is 38.1 Å². The fourth-order valence-electron chi connectivity index (χ4n) is 2.11. The SMILES string of the molecule is CCOC(=O)c1cc2ccccc2c(O)c1C(=O)OCC. The Balaban J connectivity index is 2.71. The molecule has 0 unspecified atom stereocenters. The van der Waals surface area contributed by atoms with Gasteiger partial charge in [-0.25, -0.2) is 9.59 Å². The Kier molecular flexibility index (Phi) is 4.42. The first kappa shape index (κ1) is 14.8. The molecule has 5 heteroatoms. The molecule has 0 atom stereocenters. The number of rotatable bonds is 4. The van der Waals surface area contributed by atoms with Gasteiger partial charge in [-0.05, 0) is 25.3 Å². The summed E-state index contributed by atoms with van der Waals surface area (Å²) in [7, 11) is 0. The Morgan fingerprint density at radius 2 is 1.67 bits per heavy atom. The minimum absolute atomic E-state index is 0.00602. The van der Waals surface area contributed by atoms with Gasteiger partial charge in [-0.1, -0.05) is 24.3 Å². The number of hydrogen-bond donors (Lipinski definition) is 1. The standard InChI is InChI=1S/C16H16O5/c1-3-20-15(18)12-9-10-7-5-6-8-11(10)14(17)13(12)16(19)21-4-2/h5-9,17H,3-4H2,1-2H3. The quantitative estimate of drug-likeness (QED) is 0.876. The number of ether oxygens (including phenoxy) is 2. The van der Waals surface area contributed by atoms with E-state index in [4.69, 9.17) is 9.47 Å². The maximum absolute atomic E-state index is 12.0. The first-order valence-corrected chi connectivity index (χ1v) is 6.69. The molecular weight excluding hydrogens is 272 g/mol. The molecule has 110 valence electrons. The maximum atomic E-state index is 12.0. The second-order valence-corrected chi connectivity index (χ2v) is 4.31. The van der Waals surface area contributed by atoms with Gasteiger partial charge < -0.3 is 14.6 Å². The minimum atomic E-state index is -0.746. The molecule has 1 N–H and O–H groups in total. The second-order valence-electron chi connectivity index (χ2n) is 4.31. The van der Waals surface area contributed by atoms with Crippen LogP contribution in [-0.2, 0) is 9.47 Å². The number of phenolic OH excluding ortho intramolecular Hbond substituents is 1. The zero-order chi connectivity index (χ0) is 15.4. The molecule has 2 rings (SSSR count). The van der Waals surface area contributed by atoms with Crippen LogP contribution in [0.2, 0.25) is 0 Å². The first-order valence-electron chi connectivity index (χ1n) is 6.69. The van der Waals surface area contributed by atoms with Crippen LogP contribution in [0.4, 0.5) is 0 Å². The monoisotopic (exact) mass is 288 g/mol. The fourth-order valence-corrected chi connectivity index (χ4v) is 2.11. The number of phenols is 1. The van der Waals surface area contributed by atoms with Crippen LogP contribution in [0.5, 0.6) is 5.75 Å². The van der Waals surface area contributed by atoms with Gasteiger partial charge in [0.25, 0.3) is 0 Å². The molecule has 0 radical (unpaired) electrons. The van der Waals surface area contributed by atoms with E-state index in [0.29, 0.717) is 10.8 Å². The van der Waals surface area contributed by atoms with E-state index >= 15 is 0 Å². The van der Waals surface area contributed by atoms with E-state index < -0.39 is 11.9 Å². The molecule has 0 aliphatic heterocycles. The van der Waals surface area contributed by atoms with E-state index in [9.17, 15) is 14.7 Å². The Labute approximate surface area is 122 Å². The van der Waals surface area contributed by atoms with Crippen molar-refractivity contribution in [3.8, 4) is 5.75 Å². The largest absolute Gasteiger partial charge is 0.506 e. The highest BCUT2D eigenvalue weighted by Crippen LogP contribution is 2.32. The lowest BCUT2D eigenvalue weighted by Crippen LogP contribution is -2.14. The molecule has 0 aliphatic carbocycles. The molecule has 0 saturated heterocycles. The second kappa shape index (κ2) is 6.26. The van der Waals surface area contributed by atoms with Crippen molar-refractivity contribution in [3.05, 3.63) is 41.5 Å². The normalized spacial score (nSPS) is 10.4. The van der Waals surface area contributed by atoms with Gasteiger partial charge in [-0.3, -0.25) is 0 Å². The van der Waals surface area contributed by atoms with Crippen LogP contribution in [0, 0.1) is 0 Å². The summed E-state index contributed by atoms with van der Waals surface area (Å²) in [4.78, 5) is 24.1. The molecule has 0 aliphatic rings. The summed E-state index contributed by atoms with van der Waals surface area (Å²) in [6, 6.07) is 8.45. The van der Waals surface area contributed by atoms with Gasteiger partial charge >= 0.3 is 11.9 Å². The lowest BCUT2D eigenvalue weighted by molar-refractivity contribution is 0.0476. The summed E-state index contributed by atoms with van der Waals surface area (Å²) >= 11 is 0. The minimum Gasteiger partial charge on any atom is -0.506 e. The number of carbonyl (C=O) groups excluding carboxylic acids is 2. The van der Waals surface area contributed by atoms with Crippen LogP contribution in [0.25, 0.3) is 10.8 Å². The van der Waals surface area contributed by atoms with Crippen LogP contribution < -0.4 is 0 Å². The summed E-state index contributed by atoms with van der Waals surface area (Å²) in [5.41, 5.74) is -0.152. The van der Waals surface area contributed by atoms with Gasteiger partial charge in [0.2, 0.25) is 0 Å². The average molecular weight is 288 g/mol. The zero-order valence-electron chi connectivity index (χ0n) is 11.9. The van der Waals surface area contributed by atoms with Crippen LogP contribution in [0.15, 0.2) is 30.3 Å². The molecular formula is C16H16O5. The highest BCUT2D eigenvalue weighted by molar-refractivity contribution is 6.10. The highest BCUT2D eigenvalue weighted by Gasteiger charge is 2.25. The predicted octanol–water partition coefficient (Wildman–Crippen LogP) is 2.90. The van der Waals surface area contributed by atoms with Gasteiger partial charge in [-0.15, -0.1) is 0 Å². The van der Waals surface area contributed by atoms with Gasteiger partial charge in [0.1, 0.15) is 11.3 Å². The van der Waals surface area contributed by atoms with E-state index in [2.05, 4.69) is 0 Å². The van der Waals surface area contributed by atoms with E-state index in [-0.39, 0.29) is 30.1 Å². The van der Waals surface area contributed by atoms with Crippen molar-refractivity contribution < 1.29 is 24.2 Å². The molecule has 5 nitrogen and oxygen atoms in total. The Hall–Kier alpha value is -2.56. The van der Waals surface area contributed by atoms with Crippen molar-refractivity contribution in [2.45, 2.75) is 13.8 Å². The van der Waals surface area contributed by atoms with Crippen molar-refractivity contribution in [2.24, 2.45) is 0 Å². The molecule has 0 spiro atoms. The number of carbonyl (C=O) groups is 2. The molecule has 21 heavy (non-hydrogen) atoms. The smallest absolute Gasteiger partial charge is 0.342 e. The molecule has 0 saturated carbocycles. The molecule has 0 bridgehead atoms. The van der Waals surface area contributed by atoms with Crippen molar-refractivity contribution in [3.63, 3.8) is 0 Å². The molecule has 0 heterocycles. The van der Waals surface area contributed by atoms with Crippen molar-refractivity contribution in [2.75, 3.05) is 13.2 Å². The number of benzene rings is 2. The number of fused-ring (bicyclic) bond motifs is 1. The van der Waals surface area contributed by atoms with Crippen LogP contribution in [0.1, 0.15) is 34.6 Å². The molecule has 2 aromatic rings. The van der Waals surface area contributed by atoms with Crippen molar-refractivity contribution in [1.82, 2.24) is 0 Å². The lowest BCUT2D eigenvalue weighted by atomic mass is 9.99. The fraction of sp³-hybridized carbons (Fsp3) is 0.250. The average Bonchev–Trinajstić information content (AvgIpc) is 2.47. The highest BCUT2D eigenvalue weighted by atomic mass is 16.5. The van der Waals surface area contributed by atoms with Crippen LogP contribution in [0.3, 0.4) is 0 Å². The molecule has 0 amide bonds. The topological polar surface area (TPSA) is 72.8 Å². The Bertz CT molecular complexity index is 690. The Morgan fingerprint density at radius 1 is 1.05 bits per heavy atom. The number of aromatic hydroxyl groups is 1. The van der Waals surface area contributed by atoms with E-state index in [0.717, 1.165) is 0 Å². The summed E-state index contributed by atoms with van der Waals surface area (Å²) < 4.78 is 9.86. The lowest BCUT2D eigenvalue weighted by Gasteiger charge is -2.12. The van der Waals surface area contributed by atoms with E-state index in [1.165, 1.54) is 6.07 Å². The summed E-state index contributed by atoms with van der Waals surface area (Å²) in [6.45, 7) is 3.64. The third kappa shape index (κ3) is 2.81. The third-order valence-corrected chi connectivity index (χ3v) is 3.00. The van der Waals surface area contributed by atoms with Crippen molar-refractivity contribution >= 4 is 22.7 Å². The molecule has 2 aromatic carbocycles. The molecule has 0 aromatic heterocycles. The number of esters is 2. The van der Waals surface area contributed by atoms with Crippen LogP contribution in [-0.4, -0.2) is 30.3 Å². The zero-order valence-corrected chi connectivity index (χ0v) is 11.9. The summed E-state index contributed by atoms with van der Waals surface area (Å²) in [5.74, 6) is -1.68. The third-order valence-electron chi connectivity index (χ3n) is 3.00. The van der Waals surface area contributed by atoms with Gasteiger partial charge in [0, 0.05) is 5.39 Å². The maximum Gasteiger partial charge on any atom is 0.342 e. The van der Waals surface area contributed by atoms with Gasteiger partial charge in [0.05, 0.1) is 18.8 Å². The predicted molar refractivity (Wildman–Crippen MR) is 77.5 cm³/mol. The summed E-state index contributed by atoms with van der Waals surface area (Å²) in [5, 5.41) is 11.5. The van der Waals surface area contributed by atoms with Gasteiger partial charge in [0.15, 0.2) is 0 Å². The Morgan fingerprint density at radius 3 is 2.33 bits per heavy atom. The summed E-state index contributed by atoms with van der Waals surface area (Å²) in [6.07, 6.45) is 0. The van der Waals surface area contributed by atoms with Gasteiger partial charge in [-0.2, -0.15) is 0 Å².